The molecule has 0 aromatic heterocycles. The fourth-order valence-corrected chi connectivity index (χ4v) is 4.50. The summed E-state index contributed by atoms with van der Waals surface area (Å²) in [6.07, 6.45) is 3.98. The minimum Gasteiger partial charge on any atom is -0.341 e. The van der Waals surface area contributed by atoms with Gasteiger partial charge in [-0.05, 0) is 43.2 Å². The molecule has 3 aliphatic rings. The number of halogens is 2. The highest BCUT2D eigenvalue weighted by atomic mass is 19.1. The molecule has 2 heterocycles. The van der Waals surface area contributed by atoms with E-state index in [4.69, 9.17) is 0 Å². The summed E-state index contributed by atoms with van der Waals surface area (Å²) in [5, 5.41) is 0. The molecule has 4 rings (SSSR count). The van der Waals surface area contributed by atoms with Gasteiger partial charge in [-0.2, -0.15) is 0 Å². The van der Waals surface area contributed by atoms with Crippen molar-refractivity contribution < 1.29 is 18.4 Å². The number of anilines is 1. The van der Waals surface area contributed by atoms with Gasteiger partial charge in [-0.3, -0.25) is 9.59 Å². The van der Waals surface area contributed by atoms with Crippen molar-refractivity contribution in [1.29, 1.82) is 0 Å². The highest BCUT2D eigenvalue weighted by Gasteiger charge is 2.44. The van der Waals surface area contributed by atoms with E-state index in [2.05, 4.69) is 0 Å². The maximum Gasteiger partial charge on any atom is 0.239 e. The number of amides is 2. The van der Waals surface area contributed by atoms with E-state index in [-0.39, 0.29) is 17.5 Å². The highest BCUT2D eigenvalue weighted by molar-refractivity contribution is 6.09. The Morgan fingerprint density at radius 3 is 2.25 bits per heavy atom. The van der Waals surface area contributed by atoms with Crippen LogP contribution >= 0.6 is 0 Å². The average molecular weight is 334 g/mol. The number of carbonyl (C=O) groups is 2. The topological polar surface area (TPSA) is 40.6 Å². The largest absolute Gasteiger partial charge is 0.341 e. The third-order valence-electron chi connectivity index (χ3n) is 5.70. The second-order valence-corrected chi connectivity index (χ2v) is 7.15. The predicted molar refractivity (Wildman–Crippen MR) is 84.2 cm³/mol. The standard InChI is InChI=1S/C18H20F2N2O2/c19-13-6-14(20)8-15(7-13)22-5-4-16(18(22)24)17(23)21-9-11-2-1-3-12(11)10-21/h6-8,11-12,16H,1-5,9-10H2. The molecule has 3 unspecified atom stereocenters. The fourth-order valence-electron chi connectivity index (χ4n) is 4.50. The van der Waals surface area contributed by atoms with Gasteiger partial charge in [-0.25, -0.2) is 8.78 Å². The molecule has 3 atom stereocenters. The van der Waals surface area contributed by atoms with Gasteiger partial charge < -0.3 is 9.80 Å². The first-order valence-electron chi connectivity index (χ1n) is 8.59. The van der Waals surface area contributed by atoms with Crippen LogP contribution in [0.3, 0.4) is 0 Å². The van der Waals surface area contributed by atoms with Crippen LogP contribution in [0.25, 0.3) is 0 Å². The SMILES string of the molecule is O=C(C1CCN(c2cc(F)cc(F)c2)C1=O)N1CC2CCCC2C1. The van der Waals surface area contributed by atoms with E-state index in [1.807, 2.05) is 4.90 Å². The molecule has 6 heteroatoms. The molecule has 1 aromatic carbocycles. The molecule has 2 amide bonds. The Bertz CT molecular complexity index is 661. The van der Waals surface area contributed by atoms with Gasteiger partial charge in [0.05, 0.1) is 0 Å². The van der Waals surface area contributed by atoms with E-state index in [1.165, 1.54) is 24.2 Å². The first-order chi connectivity index (χ1) is 11.5. The van der Waals surface area contributed by atoms with E-state index in [1.54, 1.807) is 0 Å². The second-order valence-electron chi connectivity index (χ2n) is 7.15. The van der Waals surface area contributed by atoms with Crippen molar-refractivity contribution in [2.24, 2.45) is 17.8 Å². The summed E-state index contributed by atoms with van der Waals surface area (Å²) in [6.45, 7) is 1.82. The van der Waals surface area contributed by atoms with Crippen LogP contribution in [0.15, 0.2) is 18.2 Å². The normalized spacial score (nSPS) is 29.4. The third kappa shape index (κ3) is 2.58. The van der Waals surface area contributed by atoms with Gasteiger partial charge in [0, 0.05) is 31.4 Å². The van der Waals surface area contributed by atoms with Crippen molar-refractivity contribution in [3.8, 4) is 0 Å². The minimum atomic E-state index is -0.722. The third-order valence-corrected chi connectivity index (χ3v) is 5.70. The van der Waals surface area contributed by atoms with E-state index in [9.17, 15) is 18.4 Å². The molecule has 3 fully saturated rings. The zero-order chi connectivity index (χ0) is 16.8. The van der Waals surface area contributed by atoms with Crippen molar-refractivity contribution in [2.75, 3.05) is 24.5 Å². The van der Waals surface area contributed by atoms with Crippen LogP contribution in [-0.4, -0.2) is 36.3 Å². The summed E-state index contributed by atoms with van der Waals surface area (Å²) in [5.74, 6) is -1.45. The number of carbonyl (C=O) groups excluding carboxylic acids is 2. The van der Waals surface area contributed by atoms with Gasteiger partial charge >= 0.3 is 0 Å². The van der Waals surface area contributed by atoms with Crippen molar-refractivity contribution in [2.45, 2.75) is 25.7 Å². The van der Waals surface area contributed by atoms with Crippen LogP contribution in [0, 0.1) is 29.4 Å². The number of hydrogen-bond acceptors (Lipinski definition) is 2. The van der Waals surface area contributed by atoms with Crippen molar-refractivity contribution in [3.05, 3.63) is 29.8 Å². The molecule has 2 aliphatic heterocycles. The summed E-state index contributed by atoms with van der Waals surface area (Å²) in [7, 11) is 0. The molecule has 1 aliphatic carbocycles. The maximum atomic E-state index is 13.4. The van der Waals surface area contributed by atoms with E-state index in [0.717, 1.165) is 31.3 Å². The molecule has 2 saturated heterocycles. The minimum absolute atomic E-state index is 0.117. The molecule has 0 spiro atoms. The van der Waals surface area contributed by atoms with Gasteiger partial charge in [-0.1, -0.05) is 6.42 Å². The Kier molecular flexibility index (Phi) is 3.77. The lowest BCUT2D eigenvalue weighted by atomic mass is 10.0. The molecule has 0 bridgehead atoms. The molecular weight excluding hydrogens is 314 g/mol. The second kappa shape index (κ2) is 5.83. The van der Waals surface area contributed by atoms with Gasteiger partial charge in [0.15, 0.2) is 0 Å². The zero-order valence-electron chi connectivity index (χ0n) is 13.4. The molecule has 0 radical (unpaired) electrons. The highest BCUT2D eigenvalue weighted by Crippen LogP contribution is 2.39. The smallest absolute Gasteiger partial charge is 0.239 e. The van der Waals surface area contributed by atoms with Gasteiger partial charge in [0.2, 0.25) is 11.8 Å². The zero-order valence-corrected chi connectivity index (χ0v) is 13.4. The number of nitrogens with zero attached hydrogens (tertiary/aromatic N) is 2. The number of likely N-dealkylation sites (tertiary alicyclic amines) is 1. The first-order valence-corrected chi connectivity index (χ1v) is 8.59. The van der Waals surface area contributed by atoms with Crippen LogP contribution in [0.2, 0.25) is 0 Å². The Morgan fingerprint density at radius 2 is 1.62 bits per heavy atom. The molecular formula is C18H20F2N2O2. The Labute approximate surface area is 139 Å². The predicted octanol–water partition coefficient (Wildman–Crippen LogP) is 2.58. The van der Waals surface area contributed by atoms with E-state index < -0.39 is 17.6 Å². The Morgan fingerprint density at radius 1 is 1.00 bits per heavy atom. The van der Waals surface area contributed by atoms with Gasteiger partial charge in [0.25, 0.3) is 0 Å². The molecule has 24 heavy (non-hydrogen) atoms. The Hall–Kier alpha value is -1.98. The molecule has 1 saturated carbocycles. The van der Waals surface area contributed by atoms with E-state index >= 15 is 0 Å². The van der Waals surface area contributed by atoms with Crippen LogP contribution < -0.4 is 4.90 Å². The summed E-state index contributed by atoms with van der Waals surface area (Å²) in [6, 6.07) is 3.04. The van der Waals surface area contributed by atoms with Crippen LogP contribution in [0.4, 0.5) is 14.5 Å². The van der Waals surface area contributed by atoms with Crippen molar-refractivity contribution in [1.82, 2.24) is 4.90 Å². The van der Waals surface area contributed by atoms with Crippen LogP contribution in [-0.2, 0) is 9.59 Å². The molecule has 128 valence electrons. The lowest BCUT2D eigenvalue weighted by Gasteiger charge is -2.21. The van der Waals surface area contributed by atoms with Crippen molar-refractivity contribution in [3.63, 3.8) is 0 Å². The Balaban J connectivity index is 1.48. The van der Waals surface area contributed by atoms with Crippen LogP contribution in [0.5, 0.6) is 0 Å². The molecule has 1 aromatic rings. The lowest BCUT2D eigenvalue weighted by Crippen LogP contribution is -2.39. The van der Waals surface area contributed by atoms with Gasteiger partial charge in [0.1, 0.15) is 17.6 Å². The van der Waals surface area contributed by atoms with Crippen LogP contribution in [0.1, 0.15) is 25.7 Å². The van der Waals surface area contributed by atoms with Gasteiger partial charge in [-0.15, -0.1) is 0 Å². The number of fused-ring (bicyclic) bond motifs is 1. The first kappa shape index (κ1) is 15.5. The summed E-state index contributed by atoms with van der Waals surface area (Å²) < 4.78 is 26.8. The van der Waals surface area contributed by atoms with E-state index in [0.29, 0.717) is 24.8 Å². The lowest BCUT2D eigenvalue weighted by molar-refractivity contribution is -0.139. The summed E-state index contributed by atoms with van der Waals surface area (Å²) in [4.78, 5) is 28.5. The fraction of sp³-hybridized carbons (Fsp3) is 0.556. The summed E-state index contributed by atoms with van der Waals surface area (Å²) >= 11 is 0. The number of rotatable bonds is 2. The maximum absolute atomic E-state index is 13.4. The number of benzene rings is 1. The molecule has 4 nitrogen and oxygen atoms in total. The number of hydrogen-bond donors (Lipinski definition) is 0. The average Bonchev–Trinajstić information content (AvgIpc) is 3.19. The quantitative estimate of drug-likeness (QED) is 0.780. The monoisotopic (exact) mass is 334 g/mol. The molecule has 0 N–H and O–H groups in total. The summed E-state index contributed by atoms with van der Waals surface area (Å²) in [5.41, 5.74) is 0.186. The van der Waals surface area contributed by atoms with Crippen molar-refractivity contribution >= 4 is 17.5 Å².